The number of allylic oxidation sites excluding steroid dienone is 2. The Bertz CT molecular complexity index is 778. The van der Waals surface area contributed by atoms with Gasteiger partial charge in [0.2, 0.25) is 0 Å². The van der Waals surface area contributed by atoms with Crippen molar-refractivity contribution in [2.75, 3.05) is 41.0 Å². The highest BCUT2D eigenvalue weighted by Crippen LogP contribution is 2.14. The van der Waals surface area contributed by atoms with Crippen molar-refractivity contribution in [3.8, 4) is 0 Å². The number of hydrogen-bond acceptors (Lipinski definition) is 6. The highest BCUT2D eigenvalue weighted by Gasteiger charge is 2.31. The average molecular weight is 655 g/mol. The van der Waals surface area contributed by atoms with Gasteiger partial charge in [0.25, 0.3) is 0 Å². The van der Waals surface area contributed by atoms with Crippen LogP contribution in [0.4, 0.5) is 0 Å². The number of ether oxygens (including phenoxy) is 3. The molecule has 0 aromatic rings. The van der Waals surface area contributed by atoms with Crippen LogP contribution in [0.1, 0.15) is 162 Å². The summed E-state index contributed by atoms with van der Waals surface area (Å²) in [5.41, 5.74) is 0. The third-order valence-corrected chi connectivity index (χ3v) is 8.43. The van der Waals surface area contributed by atoms with Gasteiger partial charge in [-0.05, 0) is 25.7 Å². The zero-order valence-electron chi connectivity index (χ0n) is 30.5. The molecular weight excluding hydrogens is 582 g/mol. The number of hydrogen-bond donors (Lipinski definition) is 1. The van der Waals surface area contributed by atoms with Gasteiger partial charge in [0.15, 0.2) is 12.1 Å². The van der Waals surface area contributed by atoms with Crippen LogP contribution in [0.2, 0.25) is 0 Å². The molecule has 0 spiro atoms. The number of carbonyl (C=O) groups is 3. The zero-order valence-corrected chi connectivity index (χ0v) is 30.5. The topological polar surface area (TPSA) is 99.1 Å². The Hall–Kier alpha value is -1.93. The summed E-state index contributed by atoms with van der Waals surface area (Å²) in [5.74, 6) is -1.53. The van der Waals surface area contributed by atoms with E-state index in [0.717, 1.165) is 32.1 Å². The predicted molar refractivity (Wildman–Crippen MR) is 188 cm³/mol. The molecule has 1 N–H and O–H groups in total. The van der Waals surface area contributed by atoms with Crippen molar-refractivity contribution in [2.45, 2.75) is 174 Å². The second-order valence-corrected chi connectivity index (χ2v) is 13.8. The van der Waals surface area contributed by atoms with Crippen molar-refractivity contribution in [2.24, 2.45) is 0 Å². The summed E-state index contributed by atoms with van der Waals surface area (Å²) >= 11 is 0. The van der Waals surface area contributed by atoms with Crippen LogP contribution in [0.5, 0.6) is 0 Å². The number of carbonyl (C=O) groups excluding carboxylic acids is 2. The third kappa shape index (κ3) is 28.3. The Morgan fingerprint density at radius 3 is 1.65 bits per heavy atom. The molecule has 0 aliphatic heterocycles. The fraction of sp³-hybridized carbons (Fsp3) is 0.868. The largest absolute Gasteiger partial charge is 0.477 e. The van der Waals surface area contributed by atoms with Gasteiger partial charge in [0.05, 0.1) is 34.4 Å². The van der Waals surface area contributed by atoms with E-state index in [1.807, 2.05) is 27.2 Å². The van der Waals surface area contributed by atoms with Crippen LogP contribution in [0.3, 0.4) is 0 Å². The molecule has 270 valence electrons. The van der Waals surface area contributed by atoms with E-state index in [1.54, 1.807) is 0 Å². The highest BCUT2D eigenvalue weighted by atomic mass is 16.6. The molecule has 0 aromatic carbocycles. The van der Waals surface area contributed by atoms with Crippen molar-refractivity contribution in [3.05, 3.63) is 12.2 Å². The van der Waals surface area contributed by atoms with Crippen LogP contribution in [-0.4, -0.2) is 80.6 Å². The standard InChI is InChI=1S/C38H71NO7/c1-6-8-10-12-14-15-16-17-18-19-20-21-23-24-26-28-36(40)45-33-34(32-44-31-30-35(38(42)43)39(3,4)5)46-37(41)29-27-25-22-13-11-9-7-2/h22,25,34-35H,6-21,23-24,26-33H2,1-5H3/p+1/b25-22+. The number of likely N-dealkylation sites (N-methyl/N-ethyl adjacent to an activating group) is 1. The second kappa shape index (κ2) is 30.4. The van der Waals surface area contributed by atoms with Gasteiger partial charge in [0.1, 0.15) is 6.61 Å². The van der Waals surface area contributed by atoms with Crippen molar-refractivity contribution in [3.63, 3.8) is 0 Å². The van der Waals surface area contributed by atoms with Gasteiger partial charge in [0, 0.05) is 19.3 Å². The molecule has 0 rings (SSSR count). The van der Waals surface area contributed by atoms with Gasteiger partial charge in [-0.2, -0.15) is 0 Å². The number of carboxylic acids is 1. The van der Waals surface area contributed by atoms with E-state index in [9.17, 15) is 19.5 Å². The maximum Gasteiger partial charge on any atom is 0.362 e. The van der Waals surface area contributed by atoms with E-state index in [4.69, 9.17) is 14.2 Å². The Morgan fingerprint density at radius 2 is 1.13 bits per heavy atom. The third-order valence-electron chi connectivity index (χ3n) is 8.43. The van der Waals surface area contributed by atoms with Crippen molar-refractivity contribution >= 4 is 17.9 Å². The molecule has 0 bridgehead atoms. The molecule has 46 heavy (non-hydrogen) atoms. The minimum atomic E-state index is -0.880. The second-order valence-electron chi connectivity index (χ2n) is 13.8. The SMILES string of the molecule is CCCCC/C=C/CCC(=O)OC(COCCC(C(=O)O)[N+](C)(C)C)COC(=O)CCCCCCCCCCCCCCCCC. The van der Waals surface area contributed by atoms with Gasteiger partial charge in [-0.15, -0.1) is 0 Å². The van der Waals surface area contributed by atoms with Gasteiger partial charge >= 0.3 is 17.9 Å². The van der Waals surface area contributed by atoms with E-state index >= 15 is 0 Å². The predicted octanol–water partition coefficient (Wildman–Crippen LogP) is 9.19. The summed E-state index contributed by atoms with van der Waals surface area (Å²) in [7, 11) is 5.50. The molecule has 0 aliphatic rings. The average Bonchev–Trinajstić information content (AvgIpc) is 3.00. The lowest BCUT2D eigenvalue weighted by molar-refractivity contribution is -0.887. The van der Waals surface area contributed by atoms with E-state index < -0.39 is 18.1 Å². The summed E-state index contributed by atoms with van der Waals surface area (Å²) in [5, 5.41) is 9.55. The Morgan fingerprint density at radius 1 is 0.630 bits per heavy atom. The van der Waals surface area contributed by atoms with Crippen LogP contribution in [0.25, 0.3) is 0 Å². The molecule has 0 amide bonds. The number of carboxylic acid groups (broad SMARTS) is 1. The van der Waals surface area contributed by atoms with Crippen molar-refractivity contribution in [1.29, 1.82) is 0 Å². The zero-order chi connectivity index (χ0) is 34.3. The lowest BCUT2D eigenvalue weighted by Crippen LogP contribution is -2.50. The van der Waals surface area contributed by atoms with Crippen LogP contribution < -0.4 is 0 Å². The summed E-state index contributed by atoms with van der Waals surface area (Å²) in [6.45, 7) is 4.63. The molecule has 0 radical (unpaired) electrons. The molecule has 8 nitrogen and oxygen atoms in total. The molecule has 0 aliphatic carbocycles. The Balaban J connectivity index is 4.32. The molecular formula is C38H72NO7+. The molecule has 0 aromatic heterocycles. The Kier molecular flexibility index (Phi) is 29.1. The maximum absolute atomic E-state index is 12.5. The van der Waals surface area contributed by atoms with Crippen molar-refractivity contribution in [1.82, 2.24) is 0 Å². The quantitative estimate of drug-likeness (QED) is 0.0326. The number of esters is 2. The number of aliphatic carboxylic acids is 1. The van der Waals surface area contributed by atoms with Gasteiger partial charge in [-0.1, -0.05) is 129 Å². The molecule has 0 fully saturated rings. The van der Waals surface area contributed by atoms with Crippen LogP contribution >= 0.6 is 0 Å². The lowest BCUT2D eigenvalue weighted by Gasteiger charge is -2.31. The smallest absolute Gasteiger partial charge is 0.362 e. The summed E-state index contributed by atoms with van der Waals surface area (Å²) in [4.78, 5) is 36.5. The first kappa shape index (κ1) is 44.1. The summed E-state index contributed by atoms with van der Waals surface area (Å²) in [6.07, 6.45) is 28.5. The van der Waals surface area contributed by atoms with Crippen LogP contribution in [0.15, 0.2) is 12.2 Å². The van der Waals surface area contributed by atoms with E-state index in [2.05, 4.69) is 19.9 Å². The fourth-order valence-electron chi connectivity index (χ4n) is 5.46. The first-order valence-corrected chi connectivity index (χ1v) is 18.7. The fourth-order valence-corrected chi connectivity index (χ4v) is 5.46. The maximum atomic E-state index is 12.5. The lowest BCUT2D eigenvalue weighted by atomic mass is 10.0. The minimum absolute atomic E-state index is 0.0499. The van der Waals surface area contributed by atoms with Gasteiger partial charge < -0.3 is 23.8 Å². The molecule has 8 heteroatoms. The van der Waals surface area contributed by atoms with E-state index in [-0.39, 0.29) is 42.7 Å². The molecule has 2 unspecified atom stereocenters. The van der Waals surface area contributed by atoms with Crippen molar-refractivity contribution < 1.29 is 38.2 Å². The van der Waals surface area contributed by atoms with Gasteiger partial charge in [-0.25, -0.2) is 4.79 Å². The van der Waals surface area contributed by atoms with E-state index in [1.165, 1.54) is 89.9 Å². The summed E-state index contributed by atoms with van der Waals surface area (Å²) < 4.78 is 17.1. The molecule has 0 saturated carbocycles. The summed E-state index contributed by atoms with van der Waals surface area (Å²) in [6, 6.07) is -0.613. The Labute approximate surface area is 282 Å². The van der Waals surface area contributed by atoms with Gasteiger partial charge in [-0.3, -0.25) is 9.59 Å². The first-order valence-electron chi connectivity index (χ1n) is 18.7. The highest BCUT2D eigenvalue weighted by molar-refractivity contribution is 5.72. The number of nitrogens with zero attached hydrogens (tertiary/aromatic N) is 1. The molecule has 0 saturated heterocycles. The molecule has 2 atom stereocenters. The number of rotatable bonds is 33. The van der Waals surface area contributed by atoms with Crippen LogP contribution in [0, 0.1) is 0 Å². The number of quaternary nitrogens is 1. The first-order chi connectivity index (χ1) is 22.1. The molecule has 0 heterocycles. The van der Waals surface area contributed by atoms with E-state index in [0.29, 0.717) is 19.3 Å². The minimum Gasteiger partial charge on any atom is -0.477 e. The monoisotopic (exact) mass is 655 g/mol. The normalized spacial score (nSPS) is 13.2. The van der Waals surface area contributed by atoms with Crippen LogP contribution in [-0.2, 0) is 28.6 Å². The number of unbranched alkanes of at least 4 members (excludes halogenated alkanes) is 17.